The molecule has 6 nitrogen and oxygen atoms in total. The van der Waals surface area contributed by atoms with Gasteiger partial charge in [-0.05, 0) is 43.3 Å². The van der Waals surface area contributed by atoms with Gasteiger partial charge >= 0.3 is 5.97 Å². The van der Waals surface area contributed by atoms with Crippen LogP contribution in [-0.2, 0) is 4.74 Å². The monoisotopic (exact) mass is 415 g/mol. The van der Waals surface area contributed by atoms with Crippen LogP contribution >= 0.6 is 11.8 Å². The molecular weight excluding hydrogens is 391 g/mol. The maximum absolute atomic E-state index is 13.4. The summed E-state index contributed by atoms with van der Waals surface area (Å²) in [7, 11) is 4.09. The standard InChI is InChI=1S/C21H23FN4O2S/c1-15(25(2)3)19-23-24-21(26(19)18-11-9-17(22)10-12-18)29-14-13-28-20(27)16-7-5-4-6-8-16/h4-12,15H,13-14H2,1-3H3/p+1/t15-/m0/s1. The Morgan fingerprint density at radius 3 is 2.48 bits per heavy atom. The fourth-order valence-corrected chi connectivity index (χ4v) is 3.45. The number of carbonyl (C=O) groups is 1. The molecule has 0 amide bonds. The SMILES string of the molecule is C[C@@H](c1nnc(SCCOC(=O)c2ccccc2)n1-c1ccc(F)cc1)[NH+](C)C. The van der Waals surface area contributed by atoms with Gasteiger partial charge in [0.25, 0.3) is 0 Å². The van der Waals surface area contributed by atoms with E-state index in [-0.39, 0.29) is 24.4 Å². The lowest BCUT2D eigenvalue weighted by molar-refractivity contribution is -0.890. The van der Waals surface area contributed by atoms with Crippen LogP contribution in [0.1, 0.15) is 29.1 Å². The van der Waals surface area contributed by atoms with Gasteiger partial charge in [0.05, 0.1) is 19.7 Å². The minimum Gasteiger partial charge on any atom is -0.461 e. The smallest absolute Gasteiger partial charge is 0.338 e. The van der Waals surface area contributed by atoms with Gasteiger partial charge in [0.2, 0.25) is 0 Å². The molecule has 1 aromatic heterocycles. The number of thioether (sulfide) groups is 1. The van der Waals surface area contributed by atoms with E-state index < -0.39 is 0 Å². The molecule has 1 heterocycles. The van der Waals surface area contributed by atoms with Crippen molar-refractivity contribution in [1.29, 1.82) is 0 Å². The van der Waals surface area contributed by atoms with E-state index in [9.17, 15) is 9.18 Å². The topological polar surface area (TPSA) is 61.5 Å². The van der Waals surface area contributed by atoms with Crippen LogP contribution in [0.4, 0.5) is 4.39 Å². The van der Waals surface area contributed by atoms with Gasteiger partial charge in [-0.3, -0.25) is 4.57 Å². The lowest BCUT2D eigenvalue weighted by atomic mass is 10.2. The van der Waals surface area contributed by atoms with Crippen LogP contribution in [0.3, 0.4) is 0 Å². The maximum atomic E-state index is 13.4. The second-order valence-electron chi connectivity index (χ2n) is 6.80. The van der Waals surface area contributed by atoms with Crippen LogP contribution in [0, 0.1) is 5.82 Å². The fourth-order valence-electron chi connectivity index (χ4n) is 2.67. The number of halogens is 1. The summed E-state index contributed by atoms with van der Waals surface area (Å²) in [5.41, 5.74) is 1.32. The molecule has 29 heavy (non-hydrogen) atoms. The van der Waals surface area contributed by atoms with Crippen molar-refractivity contribution in [3.05, 3.63) is 71.8 Å². The van der Waals surface area contributed by atoms with Crippen molar-refractivity contribution >= 4 is 17.7 Å². The summed E-state index contributed by atoms with van der Waals surface area (Å²) in [5.74, 6) is 0.676. The van der Waals surface area contributed by atoms with Crippen LogP contribution in [-0.4, -0.2) is 47.2 Å². The molecule has 3 aromatic rings. The normalized spacial score (nSPS) is 12.2. The number of hydrogen-bond donors (Lipinski definition) is 1. The number of quaternary nitrogens is 1. The molecule has 3 rings (SSSR count). The number of benzene rings is 2. The molecule has 152 valence electrons. The Morgan fingerprint density at radius 2 is 1.83 bits per heavy atom. The summed E-state index contributed by atoms with van der Waals surface area (Å²) in [6, 6.07) is 15.2. The van der Waals surface area contributed by atoms with Crippen molar-refractivity contribution in [2.75, 3.05) is 26.5 Å². The first-order valence-corrected chi connectivity index (χ1v) is 10.3. The molecule has 0 radical (unpaired) electrons. The van der Waals surface area contributed by atoms with E-state index in [1.54, 1.807) is 36.4 Å². The highest BCUT2D eigenvalue weighted by Gasteiger charge is 2.23. The number of esters is 1. The molecular formula is C21H24FN4O2S+. The second kappa shape index (κ2) is 9.67. The zero-order valence-electron chi connectivity index (χ0n) is 16.6. The van der Waals surface area contributed by atoms with E-state index in [1.165, 1.54) is 28.8 Å². The predicted octanol–water partition coefficient (Wildman–Crippen LogP) is 2.56. The molecule has 0 aliphatic heterocycles. The molecule has 0 saturated carbocycles. The van der Waals surface area contributed by atoms with Crippen molar-refractivity contribution < 1.29 is 18.8 Å². The number of rotatable bonds is 8. The van der Waals surface area contributed by atoms with Gasteiger partial charge in [0, 0.05) is 11.4 Å². The van der Waals surface area contributed by atoms with Crippen molar-refractivity contribution in [1.82, 2.24) is 14.8 Å². The average Bonchev–Trinajstić information content (AvgIpc) is 3.15. The Balaban J connectivity index is 1.72. The molecule has 0 unspecified atom stereocenters. The first kappa shape index (κ1) is 21.0. The van der Waals surface area contributed by atoms with Crippen molar-refractivity contribution in [2.24, 2.45) is 0 Å². The van der Waals surface area contributed by atoms with Crippen molar-refractivity contribution in [3.63, 3.8) is 0 Å². The lowest BCUT2D eigenvalue weighted by Crippen LogP contribution is -3.05. The first-order valence-electron chi connectivity index (χ1n) is 9.33. The van der Waals surface area contributed by atoms with Crippen LogP contribution in [0.2, 0.25) is 0 Å². The van der Waals surface area contributed by atoms with Gasteiger partial charge in [0.1, 0.15) is 18.5 Å². The minimum absolute atomic E-state index is 0.0952. The molecule has 0 aliphatic carbocycles. The number of nitrogens with one attached hydrogen (secondary N) is 1. The summed E-state index contributed by atoms with van der Waals surface area (Å²) in [6.45, 7) is 2.31. The molecule has 8 heteroatoms. The van der Waals surface area contributed by atoms with Crippen molar-refractivity contribution in [2.45, 2.75) is 18.1 Å². The van der Waals surface area contributed by atoms with Gasteiger partial charge in [0.15, 0.2) is 11.0 Å². The molecule has 0 bridgehead atoms. The first-order chi connectivity index (χ1) is 14.0. The third kappa shape index (κ3) is 5.21. The molecule has 0 fully saturated rings. The number of nitrogens with zero attached hydrogens (tertiary/aromatic N) is 3. The average molecular weight is 416 g/mol. The Morgan fingerprint density at radius 1 is 1.14 bits per heavy atom. The summed E-state index contributed by atoms with van der Waals surface area (Å²) in [5, 5.41) is 9.37. The van der Waals surface area contributed by atoms with Crippen LogP contribution in [0.25, 0.3) is 5.69 Å². The highest BCUT2D eigenvalue weighted by molar-refractivity contribution is 7.99. The van der Waals surface area contributed by atoms with Gasteiger partial charge in [-0.1, -0.05) is 30.0 Å². The van der Waals surface area contributed by atoms with Crippen LogP contribution in [0.15, 0.2) is 59.8 Å². The molecule has 0 saturated heterocycles. The van der Waals surface area contributed by atoms with Gasteiger partial charge in [-0.25, -0.2) is 9.18 Å². The Kier molecular flexibility index (Phi) is 7.00. The number of aromatic nitrogens is 3. The zero-order chi connectivity index (χ0) is 20.8. The molecule has 0 aliphatic rings. The molecule has 1 atom stereocenters. The zero-order valence-corrected chi connectivity index (χ0v) is 17.4. The summed E-state index contributed by atoms with van der Waals surface area (Å²) in [6.07, 6.45) is 0. The number of carbonyl (C=O) groups excluding carboxylic acids is 1. The maximum Gasteiger partial charge on any atom is 0.338 e. The highest BCUT2D eigenvalue weighted by Crippen LogP contribution is 2.24. The summed E-state index contributed by atoms with van der Waals surface area (Å²) in [4.78, 5) is 13.2. The summed E-state index contributed by atoms with van der Waals surface area (Å²) < 4.78 is 20.6. The lowest BCUT2D eigenvalue weighted by Gasteiger charge is -2.18. The molecule has 1 N–H and O–H groups in total. The summed E-state index contributed by atoms with van der Waals surface area (Å²) >= 11 is 1.44. The van der Waals surface area contributed by atoms with E-state index in [0.717, 1.165) is 11.5 Å². The van der Waals surface area contributed by atoms with Gasteiger partial charge in [-0.15, -0.1) is 10.2 Å². The van der Waals surface area contributed by atoms with Crippen molar-refractivity contribution in [3.8, 4) is 5.69 Å². The highest BCUT2D eigenvalue weighted by atomic mass is 32.2. The van der Waals surface area contributed by atoms with E-state index in [4.69, 9.17) is 4.74 Å². The van der Waals surface area contributed by atoms with Gasteiger partial charge in [-0.2, -0.15) is 0 Å². The fraction of sp³-hybridized carbons (Fsp3) is 0.286. The number of ether oxygens (including phenoxy) is 1. The van der Waals surface area contributed by atoms with E-state index >= 15 is 0 Å². The van der Waals surface area contributed by atoms with Crippen LogP contribution in [0.5, 0.6) is 0 Å². The third-order valence-corrected chi connectivity index (χ3v) is 5.45. The predicted molar refractivity (Wildman–Crippen MR) is 110 cm³/mol. The third-order valence-electron chi connectivity index (χ3n) is 4.55. The molecule has 2 aromatic carbocycles. The van der Waals surface area contributed by atoms with E-state index in [1.807, 2.05) is 24.7 Å². The largest absolute Gasteiger partial charge is 0.461 e. The van der Waals surface area contributed by atoms with Crippen LogP contribution < -0.4 is 4.90 Å². The van der Waals surface area contributed by atoms with E-state index in [2.05, 4.69) is 17.1 Å². The minimum atomic E-state index is -0.350. The Labute approximate surface area is 173 Å². The number of hydrogen-bond acceptors (Lipinski definition) is 5. The Hall–Kier alpha value is -2.71. The molecule has 0 spiro atoms. The quantitative estimate of drug-likeness (QED) is 0.348. The second-order valence-corrected chi connectivity index (χ2v) is 7.86. The van der Waals surface area contributed by atoms with E-state index in [0.29, 0.717) is 16.5 Å². The Bertz CT molecular complexity index is 945. The van der Waals surface area contributed by atoms with Gasteiger partial charge < -0.3 is 9.64 Å².